The number of rotatable bonds is 1. The van der Waals surface area contributed by atoms with Crippen LogP contribution in [0.5, 0.6) is 0 Å². The van der Waals surface area contributed by atoms with Crippen molar-refractivity contribution in [1.82, 2.24) is 9.80 Å². The molecule has 0 aromatic heterocycles. The molecule has 1 rings (SSSR count). The summed E-state index contributed by atoms with van der Waals surface area (Å²) in [6.07, 6.45) is 0. The Bertz CT molecular complexity index is 258. The SMILES string of the molecule is CC(=O)C1CN(C)C(N(C)C)=[N+]1C. The molecule has 1 aliphatic heterocycles. The van der Waals surface area contributed by atoms with Crippen LogP contribution in [0.15, 0.2) is 0 Å². The first kappa shape index (κ1) is 10.0. The van der Waals surface area contributed by atoms with Crippen molar-refractivity contribution >= 4 is 11.7 Å². The zero-order valence-corrected chi connectivity index (χ0v) is 9.03. The van der Waals surface area contributed by atoms with Gasteiger partial charge in [0.1, 0.15) is 6.54 Å². The van der Waals surface area contributed by atoms with Gasteiger partial charge in [-0.3, -0.25) is 19.2 Å². The third kappa shape index (κ3) is 1.66. The van der Waals surface area contributed by atoms with E-state index < -0.39 is 0 Å². The molecular formula is C9H18N3O+. The lowest BCUT2D eigenvalue weighted by Gasteiger charge is -2.12. The monoisotopic (exact) mass is 184 g/mol. The van der Waals surface area contributed by atoms with Gasteiger partial charge in [-0.15, -0.1) is 0 Å². The second kappa shape index (κ2) is 3.36. The summed E-state index contributed by atoms with van der Waals surface area (Å²) in [5, 5.41) is 0. The van der Waals surface area contributed by atoms with Crippen molar-refractivity contribution in [3.8, 4) is 0 Å². The Morgan fingerprint density at radius 3 is 2.38 bits per heavy atom. The van der Waals surface area contributed by atoms with Crippen LogP contribution >= 0.6 is 0 Å². The topological polar surface area (TPSA) is 26.6 Å². The number of carbonyl (C=O) groups excluding carboxylic acids is 1. The molecule has 74 valence electrons. The summed E-state index contributed by atoms with van der Waals surface area (Å²) < 4.78 is 2.03. The van der Waals surface area contributed by atoms with Gasteiger partial charge in [0.2, 0.25) is 0 Å². The van der Waals surface area contributed by atoms with Gasteiger partial charge in [0, 0.05) is 0 Å². The number of likely N-dealkylation sites (N-methyl/N-ethyl adjacent to an activating group) is 2. The lowest BCUT2D eigenvalue weighted by molar-refractivity contribution is -0.516. The Balaban J connectivity index is 2.96. The molecule has 0 bridgehead atoms. The fourth-order valence-corrected chi connectivity index (χ4v) is 1.93. The van der Waals surface area contributed by atoms with Gasteiger partial charge in [-0.05, 0) is 6.92 Å². The zero-order valence-electron chi connectivity index (χ0n) is 9.03. The minimum atomic E-state index is 0.0161. The Morgan fingerprint density at radius 2 is 2.15 bits per heavy atom. The molecule has 1 aliphatic rings. The Hall–Kier alpha value is -1.06. The number of nitrogens with zero attached hydrogens (tertiary/aromatic N) is 3. The summed E-state index contributed by atoms with van der Waals surface area (Å²) in [5.74, 6) is 1.33. The Kier molecular flexibility index (Phi) is 2.59. The average Bonchev–Trinajstić information content (AvgIpc) is 2.26. The number of ketones is 1. The van der Waals surface area contributed by atoms with Crippen LogP contribution in [0.2, 0.25) is 0 Å². The maximum atomic E-state index is 11.3. The van der Waals surface area contributed by atoms with Crippen molar-refractivity contribution in [3.05, 3.63) is 0 Å². The standard InChI is InChI=1S/C9H18N3O/c1-7(13)8-6-11(4)9(10(2)3)12(8)5/h8H,6H2,1-5H3/q+1. The van der Waals surface area contributed by atoms with Crippen LogP contribution in [0.1, 0.15) is 6.92 Å². The summed E-state index contributed by atoms with van der Waals surface area (Å²) >= 11 is 0. The number of hydrogen-bond acceptors (Lipinski definition) is 3. The normalized spacial score (nSPS) is 22.5. The van der Waals surface area contributed by atoms with Gasteiger partial charge >= 0.3 is 5.96 Å². The minimum Gasteiger partial charge on any atom is -0.296 e. The lowest BCUT2D eigenvalue weighted by atomic mass is 10.2. The van der Waals surface area contributed by atoms with Gasteiger partial charge in [0.25, 0.3) is 0 Å². The van der Waals surface area contributed by atoms with E-state index in [1.807, 2.05) is 37.7 Å². The van der Waals surface area contributed by atoms with Crippen molar-refractivity contribution in [3.63, 3.8) is 0 Å². The van der Waals surface area contributed by atoms with Crippen LogP contribution in [-0.4, -0.2) is 66.9 Å². The average molecular weight is 184 g/mol. The Morgan fingerprint density at radius 1 is 1.62 bits per heavy atom. The highest BCUT2D eigenvalue weighted by molar-refractivity contribution is 5.85. The van der Waals surface area contributed by atoms with Crippen LogP contribution in [0, 0.1) is 0 Å². The molecule has 0 fully saturated rings. The first-order chi connectivity index (χ1) is 5.95. The molecule has 0 spiro atoms. The smallest absolute Gasteiger partial charge is 0.296 e. The Labute approximate surface area is 79.4 Å². The summed E-state index contributed by atoms with van der Waals surface area (Å²) in [5.41, 5.74) is 0. The van der Waals surface area contributed by atoms with E-state index in [9.17, 15) is 4.79 Å². The molecule has 1 unspecified atom stereocenters. The van der Waals surface area contributed by atoms with E-state index in [1.165, 1.54) is 0 Å². The molecule has 13 heavy (non-hydrogen) atoms. The van der Waals surface area contributed by atoms with Gasteiger partial charge in [0.15, 0.2) is 11.8 Å². The van der Waals surface area contributed by atoms with E-state index >= 15 is 0 Å². The predicted octanol–water partition coefficient (Wildman–Crippen LogP) is -0.551. The molecule has 4 heteroatoms. The highest BCUT2D eigenvalue weighted by Crippen LogP contribution is 2.07. The molecule has 0 aromatic rings. The fourth-order valence-electron chi connectivity index (χ4n) is 1.93. The molecule has 0 N–H and O–H groups in total. The molecule has 4 nitrogen and oxygen atoms in total. The van der Waals surface area contributed by atoms with E-state index in [4.69, 9.17) is 0 Å². The first-order valence-electron chi connectivity index (χ1n) is 4.44. The fraction of sp³-hybridized carbons (Fsp3) is 0.778. The third-order valence-electron chi connectivity index (χ3n) is 2.44. The van der Waals surface area contributed by atoms with Crippen LogP contribution in [0.25, 0.3) is 0 Å². The molecule has 1 atom stereocenters. The molecule has 0 saturated heterocycles. The molecule has 0 saturated carbocycles. The van der Waals surface area contributed by atoms with Crippen LogP contribution in [-0.2, 0) is 4.79 Å². The van der Waals surface area contributed by atoms with Crippen LogP contribution < -0.4 is 0 Å². The summed E-state index contributed by atoms with van der Waals surface area (Å²) in [7, 11) is 7.95. The van der Waals surface area contributed by atoms with E-state index in [2.05, 4.69) is 4.90 Å². The van der Waals surface area contributed by atoms with E-state index in [0.717, 1.165) is 12.5 Å². The second-order valence-corrected chi connectivity index (χ2v) is 3.81. The summed E-state index contributed by atoms with van der Waals surface area (Å²) in [4.78, 5) is 15.4. The van der Waals surface area contributed by atoms with Crippen molar-refractivity contribution < 1.29 is 9.37 Å². The quantitative estimate of drug-likeness (QED) is 0.512. The van der Waals surface area contributed by atoms with Crippen molar-refractivity contribution in [1.29, 1.82) is 0 Å². The molecule has 1 heterocycles. The van der Waals surface area contributed by atoms with Gasteiger partial charge in [0.05, 0.1) is 28.2 Å². The van der Waals surface area contributed by atoms with Gasteiger partial charge in [-0.25, -0.2) is 0 Å². The van der Waals surface area contributed by atoms with Gasteiger partial charge < -0.3 is 0 Å². The minimum absolute atomic E-state index is 0.0161. The van der Waals surface area contributed by atoms with E-state index in [1.54, 1.807) is 6.92 Å². The van der Waals surface area contributed by atoms with E-state index in [-0.39, 0.29) is 11.8 Å². The number of Topliss-reactive ketones (excluding diaryl/α,β-unsaturated/α-hetero) is 1. The van der Waals surface area contributed by atoms with Gasteiger partial charge in [-0.2, -0.15) is 0 Å². The predicted molar refractivity (Wildman–Crippen MR) is 52.0 cm³/mol. The molecule has 0 aliphatic carbocycles. The van der Waals surface area contributed by atoms with Crippen molar-refractivity contribution in [2.45, 2.75) is 13.0 Å². The molecular weight excluding hydrogens is 166 g/mol. The largest absolute Gasteiger partial charge is 0.350 e. The number of guanidine groups is 1. The molecule has 0 radical (unpaired) electrons. The third-order valence-corrected chi connectivity index (χ3v) is 2.44. The van der Waals surface area contributed by atoms with Crippen LogP contribution in [0.3, 0.4) is 0 Å². The molecule has 0 amide bonds. The highest BCUT2D eigenvalue weighted by atomic mass is 16.1. The van der Waals surface area contributed by atoms with Crippen LogP contribution in [0.4, 0.5) is 0 Å². The number of hydrogen-bond donors (Lipinski definition) is 0. The van der Waals surface area contributed by atoms with E-state index in [0.29, 0.717) is 0 Å². The summed E-state index contributed by atoms with van der Waals surface area (Å²) in [6, 6.07) is 0.0161. The second-order valence-electron chi connectivity index (χ2n) is 3.81. The van der Waals surface area contributed by atoms with Crippen molar-refractivity contribution in [2.75, 3.05) is 34.7 Å². The summed E-state index contributed by atoms with van der Waals surface area (Å²) in [6.45, 7) is 2.44. The molecule has 0 aromatic carbocycles. The first-order valence-corrected chi connectivity index (χ1v) is 4.44. The van der Waals surface area contributed by atoms with Gasteiger partial charge in [-0.1, -0.05) is 0 Å². The highest BCUT2D eigenvalue weighted by Gasteiger charge is 2.36. The maximum Gasteiger partial charge on any atom is 0.350 e. The zero-order chi connectivity index (χ0) is 10.2. The number of carbonyl (C=O) groups is 1. The maximum absolute atomic E-state index is 11.3. The van der Waals surface area contributed by atoms with Crippen molar-refractivity contribution in [2.24, 2.45) is 0 Å². The lowest BCUT2D eigenvalue weighted by Crippen LogP contribution is -2.37.